The lowest BCUT2D eigenvalue weighted by atomic mass is 9.96. The van der Waals surface area contributed by atoms with E-state index in [2.05, 4.69) is 30.3 Å². The molecule has 0 radical (unpaired) electrons. The molecule has 28 heavy (non-hydrogen) atoms. The quantitative estimate of drug-likeness (QED) is 0.812. The van der Waals surface area contributed by atoms with E-state index in [9.17, 15) is 13.6 Å². The first-order valence-electron chi connectivity index (χ1n) is 9.70. The molecule has 2 aliphatic rings. The van der Waals surface area contributed by atoms with Crippen molar-refractivity contribution in [3.05, 3.63) is 48.0 Å². The van der Waals surface area contributed by atoms with E-state index in [1.165, 1.54) is 16.3 Å². The zero-order valence-electron chi connectivity index (χ0n) is 15.7. The number of halogens is 2. The molecule has 146 valence electrons. The second kappa shape index (κ2) is 7.48. The molecule has 2 aromatic rings. The maximum Gasteiger partial charge on any atom is 0.268 e. The molecule has 0 bridgehead atoms. The van der Waals surface area contributed by atoms with Crippen molar-refractivity contribution in [3.63, 3.8) is 0 Å². The van der Waals surface area contributed by atoms with E-state index >= 15 is 0 Å². The first-order chi connectivity index (χ1) is 13.4. The standard InChI is InChI=1S/C22H23F2N3O/c23-22(24)11-20(12-25)27(15-22)21(28)14-26-8-7-17(13-26)9-16-5-6-18-3-1-2-4-19(18)10-16/h1-6,10,17,20H,7-9,11,13-15H2/t17-,20+/m1/s1. The van der Waals surface area contributed by atoms with Crippen LogP contribution in [0.25, 0.3) is 10.8 Å². The van der Waals surface area contributed by atoms with Crippen molar-refractivity contribution < 1.29 is 13.6 Å². The molecule has 2 aliphatic heterocycles. The number of hydrogen-bond donors (Lipinski definition) is 0. The fourth-order valence-corrected chi connectivity index (χ4v) is 4.40. The maximum absolute atomic E-state index is 13.6. The highest BCUT2D eigenvalue weighted by Crippen LogP contribution is 2.32. The van der Waals surface area contributed by atoms with Gasteiger partial charge in [-0.3, -0.25) is 9.69 Å². The van der Waals surface area contributed by atoms with Crippen molar-refractivity contribution in [2.45, 2.75) is 31.2 Å². The molecular formula is C22H23F2N3O. The fourth-order valence-electron chi connectivity index (χ4n) is 4.40. The Balaban J connectivity index is 1.34. The average Bonchev–Trinajstić information content (AvgIpc) is 3.24. The molecule has 0 saturated carbocycles. The molecule has 2 fully saturated rings. The topological polar surface area (TPSA) is 47.3 Å². The normalized spacial score (nSPS) is 24.5. The van der Waals surface area contributed by atoms with Crippen LogP contribution in [0.1, 0.15) is 18.4 Å². The van der Waals surface area contributed by atoms with Crippen LogP contribution in [-0.2, 0) is 11.2 Å². The first kappa shape index (κ1) is 18.8. The average molecular weight is 383 g/mol. The van der Waals surface area contributed by atoms with Crippen LogP contribution in [0.2, 0.25) is 0 Å². The van der Waals surface area contributed by atoms with Gasteiger partial charge in [-0.2, -0.15) is 5.26 Å². The highest BCUT2D eigenvalue weighted by atomic mass is 19.3. The number of rotatable bonds is 4. The Bertz CT molecular complexity index is 923. The van der Waals surface area contributed by atoms with Gasteiger partial charge in [-0.1, -0.05) is 42.5 Å². The molecule has 0 unspecified atom stereocenters. The van der Waals surface area contributed by atoms with Crippen LogP contribution in [0.4, 0.5) is 8.78 Å². The van der Waals surface area contributed by atoms with Crippen molar-refractivity contribution in [1.29, 1.82) is 5.26 Å². The van der Waals surface area contributed by atoms with Crippen LogP contribution in [0.5, 0.6) is 0 Å². The third kappa shape index (κ3) is 4.00. The monoisotopic (exact) mass is 383 g/mol. The van der Waals surface area contributed by atoms with Gasteiger partial charge in [-0.25, -0.2) is 8.78 Å². The lowest BCUT2D eigenvalue weighted by Gasteiger charge is -2.23. The van der Waals surface area contributed by atoms with E-state index in [0.29, 0.717) is 5.92 Å². The Hall–Kier alpha value is -2.52. The zero-order chi connectivity index (χ0) is 19.7. The summed E-state index contributed by atoms with van der Waals surface area (Å²) >= 11 is 0. The predicted octanol–water partition coefficient (Wildman–Crippen LogP) is 3.46. The zero-order valence-corrected chi connectivity index (χ0v) is 15.7. The Morgan fingerprint density at radius 2 is 2.00 bits per heavy atom. The number of benzene rings is 2. The number of hydrogen-bond acceptors (Lipinski definition) is 3. The minimum atomic E-state index is -2.96. The molecule has 2 saturated heterocycles. The van der Waals surface area contributed by atoms with Gasteiger partial charge in [-0.15, -0.1) is 0 Å². The minimum absolute atomic E-state index is 0.114. The van der Waals surface area contributed by atoms with E-state index < -0.39 is 24.9 Å². The van der Waals surface area contributed by atoms with E-state index in [0.717, 1.165) is 30.8 Å². The summed E-state index contributed by atoms with van der Waals surface area (Å²) in [6, 6.07) is 15.6. The number of carbonyl (C=O) groups excluding carboxylic acids is 1. The van der Waals surface area contributed by atoms with E-state index in [-0.39, 0.29) is 12.5 Å². The van der Waals surface area contributed by atoms with Crippen LogP contribution in [-0.4, -0.2) is 53.9 Å². The molecule has 0 spiro atoms. The van der Waals surface area contributed by atoms with Gasteiger partial charge in [0.1, 0.15) is 6.04 Å². The fraction of sp³-hybridized carbons (Fsp3) is 0.455. The molecule has 0 aliphatic carbocycles. The summed E-state index contributed by atoms with van der Waals surface area (Å²) in [5, 5.41) is 11.5. The Morgan fingerprint density at radius 1 is 1.21 bits per heavy atom. The lowest BCUT2D eigenvalue weighted by Crippen LogP contribution is -2.42. The molecule has 1 amide bonds. The summed E-state index contributed by atoms with van der Waals surface area (Å²) in [6.07, 6.45) is 1.37. The van der Waals surface area contributed by atoms with Gasteiger partial charge in [0.05, 0.1) is 19.2 Å². The maximum atomic E-state index is 13.6. The summed E-state index contributed by atoms with van der Waals surface area (Å²) in [6.45, 7) is 1.03. The minimum Gasteiger partial charge on any atom is -0.319 e. The largest absolute Gasteiger partial charge is 0.319 e. The van der Waals surface area contributed by atoms with Crippen LogP contribution < -0.4 is 0 Å². The Kier molecular flexibility index (Phi) is 5.03. The van der Waals surface area contributed by atoms with Crippen molar-refractivity contribution in [3.8, 4) is 6.07 Å². The number of carbonyl (C=O) groups is 1. The Morgan fingerprint density at radius 3 is 2.79 bits per heavy atom. The molecule has 0 aromatic heterocycles. The first-order valence-corrected chi connectivity index (χ1v) is 9.70. The highest BCUT2D eigenvalue weighted by molar-refractivity contribution is 5.83. The summed E-state index contributed by atoms with van der Waals surface area (Å²) < 4.78 is 27.1. The second-order valence-electron chi connectivity index (χ2n) is 8.00. The van der Waals surface area contributed by atoms with Crippen molar-refractivity contribution in [2.75, 3.05) is 26.2 Å². The van der Waals surface area contributed by atoms with Crippen LogP contribution in [0, 0.1) is 17.2 Å². The molecule has 2 atom stereocenters. The third-order valence-electron chi connectivity index (χ3n) is 5.81. The molecular weight excluding hydrogens is 360 g/mol. The van der Waals surface area contributed by atoms with Crippen molar-refractivity contribution in [1.82, 2.24) is 9.80 Å². The van der Waals surface area contributed by atoms with E-state index in [1.807, 2.05) is 23.1 Å². The Labute approximate surface area is 163 Å². The van der Waals surface area contributed by atoms with Crippen molar-refractivity contribution in [2.24, 2.45) is 5.92 Å². The molecule has 4 nitrogen and oxygen atoms in total. The van der Waals surface area contributed by atoms with Gasteiger partial charge in [0.2, 0.25) is 5.91 Å². The number of nitriles is 1. The highest BCUT2D eigenvalue weighted by Gasteiger charge is 2.47. The van der Waals surface area contributed by atoms with Gasteiger partial charge >= 0.3 is 0 Å². The molecule has 2 heterocycles. The van der Waals surface area contributed by atoms with Gasteiger partial charge in [0, 0.05) is 13.0 Å². The third-order valence-corrected chi connectivity index (χ3v) is 5.81. The number of alkyl halides is 2. The molecule has 2 aromatic carbocycles. The molecule has 6 heteroatoms. The second-order valence-corrected chi connectivity index (χ2v) is 8.00. The number of likely N-dealkylation sites (tertiary alicyclic amines) is 2. The predicted molar refractivity (Wildman–Crippen MR) is 103 cm³/mol. The number of nitrogens with zero attached hydrogens (tertiary/aromatic N) is 3. The SMILES string of the molecule is N#C[C@@H]1CC(F)(F)CN1C(=O)CN1CC[C@H](Cc2ccc3ccccc3c2)C1. The van der Waals surface area contributed by atoms with Gasteiger partial charge < -0.3 is 4.90 Å². The summed E-state index contributed by atoms with van der Waals surface area (Å²) in [7, 11) is 0. The van der Waals surface area contributed by atoms with Crippen LogP contribution >= 0.6 is 0 Å². The summed E-state index contributed by atoms with van der Waals surface area (Å²) in [5.74, 6) is -2.88. The summed E-state index contributed by atoms with van der Waals surface area (Å²) in [4.78, 5) is 15.5. The smallest absolute Gasteiger partial charge is 0.268 e. The van der Waals surface area contributed by atoms with Crippen LogP contribution in [0.3, 0.4) is 0 Å². The van der Waals surface area contributed by atoms with Gasteiger partial charge in [0.25, 0.3) is 5.92 Å². The van der Waals surface area contributed by atoms with Gasteiger partial charge in [0.15, 0.2) is 0 Å². The molecule has 0 N–H and O–H groups in total. The lowest BCUT2D eigenvalue weighted by molar-refractivity contribution is -0.133. The van der Waals surface area contributed by atoms with Gasteiger partial charge in [-0.05, 0) is 41.6 Å². The number of fused-ring (bicyclic) bond motifs is 1. The van der Waals surface area contributed by atoms with E-state index in [1.54, 1.807) is 0 Å². The number of amides is 1. The van der Waals surface area contributed by atoms with Crippen molar-refractivity contribution >= 4 is 16.7 Å². The van der Waals surface area contributed by atoms with Crippen LogP contribution in [0.15, 0.2) is 42.5 Å². The molecule has 4 rings (SSSR count). The summed E-state index contributed by atoms with van der Waals surface area (Å²) in [5.41, 5.74) is 1.28. The van der Waals surface area contributed by atoms with E-state index in [4.69, 9.17) is 5.26 Å².